The molecule has 112 valence electrons. The molecule has 0 spiro atoms. The van der Waals surface area contributed by atoms with E-state index in [0.29, 0.717) is 5.56 Å². The van der Waals surface area contributed by atoms with Crippen LogP contribution in [0, 0.1) is 0 Å². The number of imidazole rings is 1. The van der Waals surface area contributed by atoms with Crippen LogP contribution in [0.25, 0.3) is 0 Å². The summed E-state index contributed by atoms with van der Waals surface area (Å²) >= 11 is 0. The molecule has 1 N–H and O–H groups in total. The predicted octanol–water partition coefficient (Wildman–Crippen LogP) is 2.14. The summed E-state index contributed by atoms with van der Waals surface area (Å²) < 4.78 is 7.12. The smallest absolute Gasteiger partial charge is 0.179 e. The monoisotopic (exact) mass is 287 g/mol. The summed E-state index contributed by atoms with van der Waals surface area (Å²) in [4.78, 5) is 16.2. The Morgan fingerprint density at radius 2 is 2.14 bits per heavy atom. The molecule has 0 saturated heterocycles. The van der Waals surface area contributed by atoms with E-state index in [9.17, 15) is 4.79 Å². The third kappa shape index (κ3) is 4.43. The predicted molar refractivity (Wildman–Crippen MR) is 81.6 cm³/mol. The zero-order valence-electron chi connectivity index (χ0n) is 12.5. The van der Waals surface area contributed by atoms with Crippen molar-refractivity contribution in [1.29, 1.82) is 0 Å². The fraction of sp³-hybridized carbons (Fsp3) is 0.375. The molecule has 0 fully saturated rings. The molecule has 0 saturated carbocycles. The van der Waals surface area contributed by atoms with Gasteiger partial charge in [-0.25, -0.2) is 4.98 Å². The Bertz CT molecular complexity index is 549. The maximum Gasteiger partial charge on any atom is 0.179 e. The number of hydrogen-bond donors (Lipinski definition) is 1. The lowest BCUT2D eigenvalue weighted by atomic mass is 10.1. The summed E-state index contributed by atoms with van der Waals surface area (Å²) in [6.45, 7) is 3.58. The molecule has 1 unspecified atom stereocenters. The first-order valence-electron chi connectivity index (χ1n) is 7.08. The van der Waals surface area contributed by atoms with E-state index < -0.39 is 0 Å². The lowest BCUT2D eigenvalue weighted by Crippen LogP contribution is -2.34. The number of benzene rings is 1. The second-order valence-electron chi connectivity index (χ2n) is 4.92. The number of aromatic nitrogens is 2. The lowest BCUT2D eigenvalue weighted by molar-refractivity contribution is 0.0951. The number of carbonyl (C=O) groups excluding carboxylic acids is 1. The van der Waals surface area contributed by atoms with Gasteiger partial charge in [0.2, 0.25) is 0 Å². The minimum absolute atomic E-state index is 0.0975. The molecule has 0 aliphatic heterocycles. The van der Waals surface area contributed by atoms with E-state index >= 15 is 0 Å². The highest BCUT2D eigenvalue weighted by Crippen LogP contribution is 2.12. The molecule has 5 heteroatoms. The number of nitrogens with zero attached hydrogens (tertiary/aromatic N) is 2. The molecule has 1 aromatic heterocycles. The quantitative estimate of drug-likeness (QED) is 0.597. The molecule has 0 aliphatic rings. The maximum absolute atomic E-state index is 12.2. The van der Waals surface area contributed by atoms with E-state index in [1.165, 1.54) is 0 Å². The molecular weight excluding hydrogens is 266 g/mol. The summed E-state index contributed by atoms with van der Waals surface area (Å²) in [6, 6.07) is 7.01. The highest BCUT2D eigenvalue weighted by atomic mass is 16.5. The molecule has 1 atom stereocenters. The average molecular weight is 287 g/mol. The molecular formula is C16H21N3O2. The van der Waals surface area contributed by atoms with E-state index in [-0.39, 0.29) is 11.8 Å². The van der Waals surface area contributed by atoms with Crippen LogP contribution in [0.4, 0.5) is 0 Å². The lowest BCUT2D eigenvalue weighted by Gasteiger charge is -2.13. The Kier molecular flexibility index (Phi) is 5.51. The van der Waals surface area contributed by atoms with Crippen molar-refractivity contribution in [3.05, 3.63) is 48.5 Å². The third-order valence-electron chi connectivity index (χ3n) is 3.37. The summed E-state index contributed by atoms with van der Waals surface area (Å²) in [6.07, 6.45) is 6.46. The van der Waals surface area contributed by atoms with Crippen molar-refractivity contribution < 1.29 is 9.53 Å². The molecule has 0 bridgehead atoms. The number of aryl methyl sites for hydroxylation is 1. The fourth-order valence-electron chi connectivity index (χ4n) is 2.10. The van der Waals surface area contributed by atoms with Gasteiger partial charge in [-0.05, 0) is 44.2 Å². The van der Waals surface area contributed by atoms with Crippen LogP contribution in [0.1, 0.15) is 23.7 Å². The number of hydrogen-bond acceptors (Lipinski definition) is 4. The first-order valence-corrected chi connectivity index (χ1v) is 7.08. The van der Waals surface area contributed by atoms with Gasteiger partial charge in [0.15, 0.2) is 5.78 Å². The van der Waals surface area contributed by atoms with Crippen molar-refractivity contribution in [2.75, 3.05) is 13.7 Å². The second-order valence-corrected chi connectivity index (χ2v) is 4.92. The average Bonchev–Trinajstić information content (AvgIpc) is 3.04. The van der Waals surface area contributed by atoms with Gasteiger partial charge < -0.3 is 14.6 Å². The van der Waals surface area contributed by atoms with Gasteiger partial charge in [-0.3, -0.25) is 4.79 Å². The number of carbonyl (C=O) groups is 1. The number of ketones is 1. The van der Waals surface area contributed by atoms with Gasteiger partial charge in [-0.1, -0.05) is 0 Å². The number of rotatable bonds is 8. The third-order valence-corrected chi connectivity index (χ3v) is 3.37. The molecule has 0 aliphatic carbocycles. The zero-order valence-corrected chi connectivity index (χ0v) is 12.5. The SMILES string of the molecule is COc1ccc(C(=O)C(C)NCCCn2ccnc2)cc1. The Balaban J connectivity index is 1.76. The normalized spacial score (nSPS) is 12.1. The van der Waals surface area contributed by atoms with Crippen molar-refractivity contribution in [3.63, 3.8) is 0 Å². The first kappa shape index (κ1) is 15.3. The van der Waals surface area contributed by atoms with Crippen LogP contribution in [-0.4, -0.2) is 35.0 Å². The molecule has 0 radical (unpaired) electrons. The minimum Gasteiger partial charge on any atom is -0.497 e. The highest BCUT2D eigenvalue weighted by Gasteiger charge is 2.14. The van der Waals surface area contributed by atoms with E-state index in [2.05, 4.69) is 10.3 Å². The molecule has 2 aromatic rings. The van der Waals surface area contributed by atoms with E-state index in [1.807, 2.05) is 17.7 Å². The Labute approximate surface area is 125 Å². The number of methoxy groups -OCH3 is 1. The van der Waals surface area contributed by atoms with E-state index in [1.54, 1.807) is 43.9 Å². The largest absolute Gasteiger partial charge is 0.497 e. The highest BCUT2D eigenvalue weighted by molar-refractivity contribution is 5.99. The van der Waals surface area contributed by atoms with Gasteiger partial charge in [-0.15, -0.1) is 0 Å². The zero-order chi connectivity index (χ0) is 15.1. The van der Waals surface area contributed by atoms with Gasteiger partial charge in [-0.2, -0.15) is 0 Å². The van der Waals surface area contributed by atoms with E-state index in [4.69, 9.17) is 4.74 Å². The Hall–Kier alpha value is -2.14. The Morgan fingerprint density at radius 1 is 1.38 bits per heavy atom. The molecule has 5 nitrogen and oxygen atoms in total. The van der Waals surface area contributed by atoms with Crippen LogP contribution in [-0.2, 0) is 6.54 Å². The standard InChI is InChI=1S/C16H21N3O2/c1-13(18-8-3-10-19-11-9-17-12-19)16(20)14-4-6-15(21-2)7-5-14/h4-7,9,11-13,18H,3,8,10H2,1-2H3. The summed E-state index contributed by atoms with van der Waals surface area (Å²) in [5.41, 5.74) is 0.699. The fourth-order valence-corrected chi connectivity index (χ4v) is 2.10. The summed E-state index contributed by atoms with van der Waals surface area (Å²) in [5, 5.41) is 3.26. The second kappa shape index (κ2) is 7.59. The maximum atomic E-state index is 12.2. The number of ether oxygens (including phenoxy) is 1. The minimum atomic E-state index is -0.193. The molecule has 2 rings (SSSR count). The van der Waals surface area contributed by atoms with Crippen molar-refractivity contribution in [2.24, 2.45) is 0 Å². The van der Waals surface area contributed by atoms with Crippen molar-refractivity contribution in [3.8, 4) is 5.75 Å². The van der Waals surface area contributed by atoms with Crippen LogP contribution >= 0.6 is 0 Å². The number of nitrogens with one attached hydrogen (secondary N) is 1. The van der Waals surface area contributed by atoms with Crippen molar-refractivity contribution >= 4 is 5.78 Å². The van der Waals surface area contributed by atoms with Gasteiger partial charge in [0.05, 0.1) is 19.5 Å². The van der Waals surface area contributed by atoms with Crippen molar-refractivity contribution in [2.45, 2.75) is 25.9 Å². The van der Waals surface area contributed by atoms with Crippen LogP contribution in [0.5, 0.6) is 5.75 Å². The van der Waals surface area contributed by atoms with Gasteiger partial charge in [0.25, 0.3) is 0 Å². The summed E-state index contributed by atoms with van der Waals surface area (Å²) in [7, 11) is 1.61. The van der Waals surface area contributed by atoms with Crippen molar-refractivity contribution in [1.82, 2.24) is 14.9 Å². The van der Waals surface area contributed by atoms with Crippen LogP contribution in [0.15, 0.2) is 43.0 Å². The molecule has 1 heterocycles. The Morgan fingerprint density at radius 3 is 2.76 bits per heavy atom. The molecule has 21 heavy (non-hydrogen) atoms. The molecule has 0 amide bonds. The number of Topliss-reactive ketones (excluding diaryl/α,β-unsaturated/α-hetero) is 1. The topological polar surface area (TPSA) is 56.1 Å². The molecule has 1 aromatic carbocycles. The van der Waals surface area contributed by atoms with Crippen LogP contribution < -0.4 is 10.1 Å². The van der Waals surface area contributed by atoms with Gasteiger partial charge in [0, 0.05) is 24.5 Å². The van der Waals surface area contributed by atoms with Crippen LogP contribution in [0.2, 0.25) is 0 Å². The van der Waals surface area contributed by atoms with E-state index in [0.717, 1.165) is 25.3 Å². The first-order chi connectivity index (χ1) is 10.2. The van der Waals surface area contributed by atoms with Gasteiger partial charge in [0.1, 0.15) is 5.75 Å². The van der Waals surface area contributed by atoms with Crippen LogP contribution in [0.3, 0.4) is 0 Å². The van der Waals surface area contributed by atoms with Gasteiger partial charge >= 0.3 is 0 Å². The summed E-state index contributed by atoms with van der Waals surface area (Å²) in [5.74, 6) is 0.854.